The lowest BCUT2D eigenvalue weighted by atomic mass is 10.3. The molecule has 8 heteroatoms. The Morgan fingerprint density at radius 1 is 0.967 bits per heavy atom. The monoisotopic (exact) mass is 428 g/mol. The van der Waals surface area contributed by atoms with Crippen molar-refractivity contribution in [1.82, 2.24) is 0 Å². The normalized spacial score (nSPS) is 11.0. The zero-order chi connectivity index (χ0) is 21.6. The van der Waals surface area contributed by atoms with Gasteiger partial charge >= 0.3 is 0 Å². The number of amides is 1. The minimum atomic E-state index is -4.04. The first kappa shape index (κ1) is 21.3. The number of carbonyl (C=O) groups is 1. The number of anilines is 2. The maximum Gasteiger partial charge on any atom is 0.264 e. The smallest absolute Gasteiger partial charge is 0.264 e. The minimum absolute atomic E-state index is 0.0307. The molecule has 0 aliphatic rings. The first-order chi connectivity index (χ1) is 14.4. The largest absolute Gasteiger partial charge is 0.494 e. The van der Waals surface area contributed by atoms with Crippen LogP contribution in [0.5, 0.6) is 5.75 Å². The zero-order valence-electron chi connectivity index (χ0n) is 16.3. The second-order valence-electron chi connectivity index (χ2n) is 6.31. The number of nitrogens with zero attached hydrogens (tertiary/aromatic N) is 1. The molecular weight excluding hydrogens is 407 g/mol. The Hall–Kier alpha value is -3.39. The van der Waals surface area contributed by atoms with E-state index in [9.17, 15) is 17.6 Å². The van der Waals surface area contributed by atoms with Gasteiger partial charge in [0, 0.05) is 5.69 Å². The van der Waals surface area contributed by atoms with Crippen LogP contribution >= 0.6 is 0 Å². The summed E-state index contributed by atoms with van der Waals surface area (Å²) in [7, 11) is -4.04. The van der Waals surface area contributed by atoms with Crippen molar-refractivity contribution in [3.63, 3.8) is 0 Å². The Morgan fingerprint density at radius 3 is 2.20 bits per heavy atom. The molecule has 30 heavy (non-hydrogen) atoms. The molecule has 3 aromatic carbocycles. The second kappa shape index (κ2) is 9.41. The molecule has 0 unspecified atom stereocenters. The van der Waals surface area contributed by atoms with Gasteiger partial charge in [-0.25, -0.2) is 12.8 Å². The van der Waals surface area contributed by atoms with Gasteiger partial charge in [-0.3, -0.25) is 9.10 Å². The zero-order valence-corrected chi connectivity index (χ0v) is 17.1. The number of hydrogen-bond acceptors (Lipinski definition) is 4. The first-order valence-corrected chi connectivity index (χ1v) is 10.7. The number of halogens is 1. The van der Waals surface area contributed by atoms with Gasteiger partial charge in [-0.15, -0.1) is 0 Å². The molecule has 0 aliphatic heterocycles. The van der Waals surface area contributed by atoms with Crippen LogP contribution in [0.2, 0.25) is 0 Å². The van der Waals surface area contributed by atoms with Crippen molar-refractivity contribution in [2.75, 3.05) is 22.8 Å². The molecule has 3 aromatic rings. The van der Waals surface area contributed by atoms with E-state index >= 15 is 0 Å². The van der Waals surface area contributed by atoms with E-state index in [2.05, 4.69) is 5.32 Å². The van der Waals surface area contributed by atoms with Crippen molar-refractivity contribution in [3.8, 4) is 5.75 Å². The highest BCUT2D eigenvalue weighted by Gasteiger charge is 2.27. The summed E-state index contributed by atoms with van der Waals surface area (Å²) in [6, 6.07) is 19.4. The van der Waals surface area contributed by atoms with Crippen molar-refractivity contribution in [2.45, 2.75) is 11.8 Å². The third-order valence-corrected chi connectivity index (χ3v) is 5.97. The first-order valence-electron chi connectivity index (χ1n) is 9.26. The fourth-order valence-electron chi connectivity index (χ4n) is 2.77. The van der Waals surface area contributed by atoms with E-state index in [-0.39, 0.29) is 10.6 Å². The minimum Gasteiger partial charge on any atom is -0.494 e. The van der Waals surface area contributed by atoms with Gasteiger partial charge in [0.25, 0.3) is 10.0 Å². The molecule has 156 valence electrons. The van der Waals surface area contributed by atoms with Gasteiger partial charge in [0.2, 0.25) is 5.91 Å². The number of hydrogen-bond donors (Lipinski definition) is 1. The van der Waals surface area contributed by atoms with Crippen molar-refractivity contribution >= 4 is 27.3 Å². The number of carbonyl (C=O) groups excluding carboxylic acids is 1. The number of sulfonamides is 1. The molecule has 0 aliphatic carbocycles. The van der Waals surface area contributed by atoms with Gasteiger partial charge in [0.05, 0.1) is 17.2 Å². The summed E-state index contributed by atoms with van der Waals surface area (Å²) in [5.41, 5.74) is 0.682. The SMILES string of the molecule is CCOc1ccc(NC(=O)CN(c2ccc(F)cc2)S(=O)(=O)c2ccccc2)cc1. The summed E-state index contributed by atoms with van der Waals surface area (Å²) in [5, 5.41) is 2.67. The fourth-order valence-corrected chi connectivity index (χ4v) is 4.22. The number of ether oxygens (including phenoxy) is 1. The van der Waals surface area contributed by atoms with Gasteiger partial charge in [-0.05, 0) is 67.6 Å². The van der Waals surface area contributed by atoms with Crippen LogP contribution in [0, 0.1) is 5.82 Å². The van der Waals surface area contributed by atoms with E-state index in [1.54, 1.807) is 42.5 Å². The standard InChI is InChI=1S/C22H21FN2O4S/c1-2-29-20-14-10-18(11-15-20)24-22(26)16-25(19-12-8-17(23)9-13-19)30(27,28)21-6-4-3-5-7-21/h3-15H,2,16H2,1H3,(H,24,26). The maximum absolute atomic E-state index is 13.3. The average Bonchev–Trinajstić information content (AvgIpc) is 2.75. The van der Waals surface area contributed by atoms with Crippen LogP contribution in [-0.2, 0) is 14.8 Å². The lowest BCUT2D eigenvalue weighted by Crippen LogP contribution is -2.38. The van der Waals surface area contributed by atoms with Gasteiger partial charge in [-0.2, -0.15) is 0 Å². The van der Waals surface area contributed by atoms with E-state index in [1.807, 2.05) is 6.92 Å². The Labute approximate surface area is 175 Å². The molecule has 0 spiro atoms. The van der Waals surface area contributed by atoms with Gasteiger partial charge in [0.15, 0.2) is 0 Å². The van der Waals surface area contributed by atoms with E-state index < -0.39 is 28.3 Å². The molecule has 0 fully saturated rings. The van der Waals surface area contributed by atoms with E-state index in [4.69, 9.17) is 4.74 Å². The molecule has 0 aromatic heterocycles. The second-order valence-corrected chi connectivity index (χ2v) is 8.17. The summed E-state index contributed by atoms with van der Waals surface area (Å²) in [5.74, 6) is -0.382. The van der Waals surface area contributed by atoms with Gasteiger partial charge < -0.3 is 10.1 Å². The van der Waals surface area contributed by atoms with Crippen molar-refractivity contribution in [2.24, 2.45) is 0 Å². The quantitative estimate of drug-likeness (QED) is 0.587. The molecule has 3 rings (SSSR count). The number of rotatable bonds is 8. The third-order valence-electron chi connectivity index (χ3n) is 4.18. The summed E-state index contributed by atoms with van der Waals surface area (Å²) in [6.07, 6.45) is 0. The van der Waals surface area contributed by atoms with E-state index in [0.717, 1.165) is 16.4 Å². The fraction of sp³-hybridized carbons (Fsp3) is 0.136. The molecule has 0 saturated heterocycles. The highest BCUT2D eigenvalue weighted by Crippen LogP contribution is 2.24. The molecule has 0 saturated carbocycles. The maximum atomic E-state index is 13.3. The topological polar surface area (TPSA) is 75.7 Å². The van der Waals surface area contributed by atoms with Crippen LogP contribution in [0.25, 0.3) is 0 Å². The Bertz CT molecular complexity index is 1090. The van der Waals surface area contributed by atoms with E-state index in [0.29, 0.717) is 18.0 Å². The highest BCUT2D eigenvalue weighted by molar-refractivity contribution is 7.92. The lowest BCUT2D eigenvalue weighted by Gasteiger charge is -2.24. The van der Waals surface area contributed by atoms with Crippen LogP contribution in [0.3, 0.4) is 0 Å². The van der Waals surface area contributed by atoms with Crippen LogP contribution in [-0.4, -0.2) is 27.5 Å². The molecule has 0 bridgehead atoms. The average molecular weight is 428 g/mol. The summed E-state index contributed by atoms with van der Waals surface area (Å²) >= 11 is 0. The van der Waals surface area contributed by atoms with Gasteiger partial charge in [-0.1, -0.05) is 18.2 Å². The molecule has 6 nitrogen and oxygen atoms in total. The van der Waals surface area contributed by atoms with Gasteiger partial charge in [0.1, 0.15) is 18.1 Å². The number of benzene rings is 3. The van der Waals surface area contributed by atoms with E-state index in [1.165, 1.54) is 24.3 Å². The highest BCUT2D eigenvalue weighted by atomic mass is 32.2. The summed E-state index contributed by atoms with van der Waals surface area (Å²) in [6.45, 7) is 1.92. The van der Waals surface area contributed by atoms with Crippen LogP contribution in [0.4, 0.5) is 15.8 Å². The molecule has 1 amide bonds. The van der Waals surface area contributed by atoms with Crippen molar-refractivity contribution < 1.29 is 22.3 Å². The summed E-state index contributed by atoms with van der Waals surface area (Å²) in [4.78, 5) is 12.7. The Morgan fingerprint density at radius 2 is 1.60 bits per heavy atom. The predicted molar refractivity (Wildman–Crippen MR) is 114 cm³/mol. The van der Waals surface area contributed by atoms with Crippen LogP contribution in [0.1, 0.15) is 6.92 Å². The summed E-state index contributed by atoms with van der Waals surface area (Å²) < 4.78 is 46.0. The molecular formula is C22H21FN2O4S. The molecule has 1 N–H and O–H groups in total. The molecule has 0 heterocycles. The van der Waals surface area contributed by atoms with Crippen LogP contribution < -0.4 is 14.4 Å². The molecule has 0 radical (unpaired) electrons. The predicted octanol–water partition coefficient (Wildman–Crippen LogP) is 4.06. The third kappa shape index (κ3) is 5.15. The van der Waals surface area contributed by atoms with Crippen LogP contribution in [0.15, 0.2) is 83.8 Å². The van der Waals surface area contributed by atoms with Crippen molar-refractivity contribution in [3.05, 3.63) is 84.7 Å². The number of nitrogens with one attached hydrogen (secondary N) is 1. The Kier molecular flexibility index (Phi) is 6.68. The Balaban J connectivity index is 1.85. The van der Waals surface area contributed by atoms with Crippen molar-refractivity contribution in [1.29, 1.82) is 0 Å². The molecule has 0 atom stereocenters. The lowest BCUT2D eigenvalue weighted by molar-refractivity contribution is -0.114.